The second kappa shape index (κ2) is 7.82. The van der Waals surface area contributed by atoms with E-state index in [0.29, 0.717) is 17.9 Å². The molecule has 0 aliphatic heterocycles. The highest BCUT2D eigenvalue weighted by atomic mass is 16.2. The van der Waals surface area contributed by atoms with Gasteiger partial charge in [-0.3, -0.25) is 9.59 Å². The lowest BCUT2D eigenvalue weighted by atomic mass is 9.71. The Kier molecular flexibility index (Phi) is 6.03. The maximum Gasteiger partial charge on any atom is 0.309 e. The van der Waals surface area contributed by atoms with Crippen LogP contribution in [0.5, 0.6) is 0 Å². The molecule has 1 aromatic carbocycles. The summed E-state index contributed by atoms with van der Waals surface area (Å²) in [6, 6.07) is 7.97. The molecule has 0 aromatic heterocycles. The predicted octanol–water partition coefficient (Wildman–Crippen LogP) is 3.33. The summed E-state index contributed by atoms with van der Waals surface area (Å²) in [7, 11) is 0. The van der Waals surface area contributed by atoms with Crippen molar-refractivity contribution in [2.24, 2.45) is 11.3 Å². The summed E-state index contributed by atoms with van der Waals surface area (Å²) in [4.78, 5) is 24.1. The van der Waals surface area contributed by atoms with Crippen molar-refractivity contribution in [3.05, 3.63) is 35.4 Å². The molecule has 0 unspecified atom stereocenters. The second-order valence-electron chi connectivity index (χ2n) is 8.00. The number of aryl methyl sites for hydroxylation is 1. The van der Waals surface area contributed by atoms with E-state index in [-0.39, 0.29) is 6.04 Å². The van der Waals surface area contributed by atoms with Crippen LogP contribution in [0.25, 0.3) is 0 Å². The fraction of sp³-hybridized carbons (Fsp3) is 0.600. The molecule has 1 aliphatic carbocycles. The van der Waals surface area contributed by atoms with Crippen LogP contribution < -0.4 is 10.6 Å². The zero-order chi connectivity index (χ0) is 17.7. The van der Waals surface area contributed by atoms with Crippen LogP contribution in [0.15, 0.2) is 24.3 Å². The van der Waals surface area contributed by atoms with E-state index in [1.807, 2.05) is 31.2 Å². The average molecular weight is 330 g/mol. The number of amides is 2. The summed E-state index contributed by atoms with van der Waals surface area (Å²) in [5.41, 5.74) is 2.46. The molecular formula is C20H30N2O2. The third-order valence-corrected chi connectivity index (χ3v) is 5.19. The first-order valence-electron chi connectivity index (χ1n) is 8.90. The molecule has 1 aliphatic rings. The fourth-order valence-corrected chi connectivity index (χ4v) is 3.42. The normalized spacial score (nSPS) is 21.2. The minimum Gasteiger partial charge on any atom is -0.345 e. The van der Waals surface area contributed by atoms with Crippen LogP contribution in [-0.4, -0.2) is 17.9 Å². The number of hydrogen-bond acceptors (Lipinski definition) is 2. The first-order chi connectivity index (χ1) is 11.3. The molecule has 0 atom stereocenters. The molecule has 0 radical (unpaired) electrons. The molecular weight excluding hydrogens is 300 g/mol. The molecule has 0 saturated heterocycles. The van der Waals surface area contributed by atoms with E-state index in [9.17, 15) is 9.59 Å². The van der Waals surface area contributed by atoms with Crippen LogP contribution >= 0.6 is 0 Å². The largest absolute Gasteiger partial charge is 0.345 e. The van der Waals surface area contributed by atoms with Gasteiger partial charge in [0.15, 0.2) is 0 Å². The topological polar surface area (TPSA) is 58.2 Å². The quantitative estimate of drug-likeness (QED) is 0.835. The molecule has 1 fully saturated rings. The molecule has 1 saturated carbocycles. The average Bonchev–Trinajstić information content (AvgIpc) is 2.53. The monoisotopic (exact) mass is 330 g/mol. The number of benzene rings is 1. The fourth-order valence-electron chi connectivity index (χ4n) is 3.42. The summed E-state index contributed by atoms with van der Waals surface area (Å²) >= 11 is 0. The molecule has 24 heavy (non-hydrogen) atoms. The van der Waals surface area contributed by atoms with E-state index in [1.54, 1.807) is 0 Å². The molecule has 0 bridgehead atoms. The smallest absolute Gasteiger partial charge is 0.309 e. The van der Waals surface area contributed by atoms with E-state index in [4.69, 9.17) is 0 Å². The van der Waals surface area contributed by atoms with Crippen molar-refractivity contribution in [1.82, 2.24) is 10.6 Å². The Bertz CT molecular complexity index is 582. The van der Waals surface area contributed by atoms with Gasteiger partial charge in [-0.05, 0) is 55.1 Å². The van der Waals surface area contributed by atoms with Gasteiger partial charge in [0.2, 0.25) is 0 Å². The Labute approximate surface area is 145 Å². The van der Waals surface area contributed by atoms with Gasteiger partial charge in [0.25, 0.3) is 0 Å². The Morgan fingerprint density at radius 3 is 2.25 bits per heavy atom. The van der Waals surface area contributed by atoms with Crippen LogP contribution in [-0.2, 0) is 16.1 Å². The molecule has 0 heterocycles. The van der Waals surface area contributed by atoms with E-state index < -0.39 is 11.8 Å². The number of rotatable bonds is 3. The first-order valence-corrected chi connectivity index (χ1v) is 8.90. The van der Waals surface area contributed by atoms with Gasteiger partial charge in [-0.25, -0.2) is 0 Å². The Balaban J connectivity index is 1.77. The highest BCUT2D eigenvalue weighted by Crippen LogP contribution is 2.37. The molecule has 1 aromatic rings. The lowest BCUT2D eigenvalue weighted by Gasteiger charge is -2.37. The van der Waals surface area contributed by atoms with Crippen molar-refractivity contribution < 1.29 is 9.59 Å². The number of nitrogens with one attached hydrogen (secondary N) is 2. The molecule has 2 amide bonds. The van der Waals surface area contributed by atoms with Gasteiger partial charge in [0.05, 0.1) is 0 Å². The maximum absolute atomic E-state index is 12.1. The van der Waals surface area contributed by atoms with Gasteiger partial charge in [0, 0.05) is 12.6 Å². The van der Waals surface area contributed by atoms with Gasteiger partial charge in [-0.1, -0.05) is 45.0 Å². The molecule has 132 valence electrons. The van der Waals surface area contributed by atoms with Crippen LogP contribution in [0.1, 0.15) is 57.6 Å². The summed E-state index contributed by atoms with van der Waals surface area (Å²) in [5.74, 6) is -0.362. The SMILES string of the molecule is Cc1ccccc1CNC(=O)C(=O)NC1CCC(C(C)(C)C)CC1. The first kappa shape index (κ1) is 18.5. The van der Waals surface area contributed by atoms with E-state index in [1.165, 1.54) is 0 Å². The summed E-state index contributed by atoms with van der Waals surface area (Å²) < 4.78 is 0. The molecule has 2 rings (SSSR count). The predicted molar refractivity (Wildman–Crippen MR) is 96.4 cm³/mol. The van der Waals surface area contributed by atoms with Crippen LogP contribution in [0.2, 0.25) is 0 Å². The third kappa shape index (κ3) is 5.08. The Morgan fingerprint density at radius 1 is 1.04 bits per heavy atom. The minimum atomic E-state index is -0.545. The van der Waals surface area contributed by atoms with Crippen molar-refractivity contribution in [1.29, 1.82) is 0 Å². The van der Waals surface area contributed by atoms with Crippen LogP contribution in [0.3, 0.4) is 0 Å². The van der Waals surface area contributed by atoms with E-state index in [2.05, 4.69) is 31.4 Å². The molecule has 2 N–H and O–H groups in total. The van der Waals surface area contributed by atoms with Gasteiger partial charge in [-0.2, -0.15) is 0 Å². The third-order valence-electron chi connectivity index (χ3n) is 5.19. The molecule has 4 nitrogen and oxygen atoms in total. The van der Waals surface area contributed by atoms with Gasteiger partial charge in [-0.15, -0.1) is 0 Å². The Morgan fingerprint density at radius 2 is 1.67 bits per heavy atom. The minimum absolute atomic E-state index is 0.125. The van der Waals surface area contributed by atoms with Gasteiger partial charge >= 0.3 is 11.8 Å². The summed E-state index contributed by atoms with van der Waals surface area (Å²) in [6.07, 6.45) is 4.13. The maximum atomic E-state index is 12.1. The number of carbonyl (C=O) groups is 2. The lowest BCUT2D eigenvalue weighted by Crippen LogP contribution is -2.46. The van der Waals surface area contributed by atoms with Crippen molar-refractivity contribution in [3.8, 4) is 0 Å². The van der Waals surface area contributed by atoms with Gasteiger partial charge < -0.3 is 10.6 Å². The van der Waals surface area contributed by atoms with Crippen molar-refractivity contribution in [2.45, 2.75) is 66.0 Å². The summed E-state index contributed by atoms with van der Waals surface area (Å²) in [5, 5.41) is 5.60. The lowest BCUT2D eigenvalue weighted by molar-refractivity contribution is -0.139. The van der Waals surface area contributed by atoms with Crippen molar-refractivity contribution in [3.63, 3.8) is 0 Å². The zero-order valence-electron chi connectivity index (χ0n) is 15.3. The number of carbonyl (C=O) groups excluding carboxylic acids is 2. The van der Waals surface area contributed by atoms with E-state index in [0.717, 1.165) is 36.8 Å². The van der Waals surface area contributed by atoms with Gasteiger partial charge in [0.1, 0.15) is 0 Å². The Hall–Kier alpha value is -1.84. The second-order valence-corrected chi connectivity index (χ2v) is 8.00. The standard InChI is InChI=1S/C20H30N2O2/c1-14-7-5-6-8-15(14)13-21-18(23)19(24)22-17-11-9-16(10-12-17)20(2,3)4/h5-8,16-17H,9-13H2,1-4H3,(H,21,23)(H,22,24). The highest BCUT2D eigenvalue weighted by molar-refractivity contribution is 6.35. The highest BCUT2D eigenvalue weighted by Gasteiger charge is 2.30. The van der Waals surface area contributed by atoms with Crippen molar-refractivity contribution >= 4 is 11.8 Å². The van der Waals surface area contributed by atoms with Crippen LogP contribution in [0.4, 0.5) is 0 Å². The number of hydrogen-bond donors (Lipinski definition) is 2. The van der Waals surface area contributed by atoms with Crippen molar-refractivity contribution in [2.75, 3.05) is 0 Å². The van der Waals surface area contributed by atoms with Crippen LogP contribution in [0, 0.1) is 18.3 Å². The molecule has 0 spiro atoms. The summed E-state index contributed by atoms with van der Waals surface area (Å²) in [6.45, 7) is 9.20. The molecule has 4 heteroatoms. The zero-order valence-corrected chi connectivity index (χ0v) is 15.3. The van der Waals surface area contributed by atoms with E-state index >= 15 is 0 Å².